The highest BCUT2D eigenvalue weighted by Crippen LogP contribution is 2.16. The van der Waals surface area contributed by atoms with E-state index in [4.69, 9.17) is 0 Å². The standard InChI is InChI=1S/C17H30/c1-14(2)9-7-10-16(5)11-8-12-17(6)13-15(3)4/h9,12,16H,3,7-8,10-11,13H2,1-2,4-6H3/b17-12-. The summed E-state index contributed by atoms with van der Waals surface area (Å²) in [5.74, 6) is 0.833. The molecule has 1 atom stereocenters. The second kappa shape index (κ2) is 9.27. The van der Waals surface area contributed by atoms with E-state index in [1.807, 2.05) is 0 Å². The minimum atomic E-state index is 0.833. The Kier molecular flexibility index (Phi) is 8.85. The minimum Gasteiger partial charge on any atom is -0.0998 e. The molecule has 0 N–H and O–H groups in total. The molecule has 0 radical (unpaired) electrons. The van der Waals surface area contributed by atoms with Crippen LogP contribution in [-0.4, -0.2) is 0 Å². The monoisotopic (exact) mass is 234 g/mol. The van der Waals surface area contributed by atoms with Crippen LogP contribution in [-0.2, 0) is 0 Å². The van der Waals surface area contributed by atoms with Crippen LogP contribution in [0.3, 0.4) is 0 Å². The van der Waals surface area contributed by atoms with Crippen LogP contribution in [0.15, 0.2) is 35.5 Å². The average Bonchev–Trinajstić information content (AvgIpc) is 2.15. The van der Waals surface area contributed by atoms with Crippen LogP contribution in [0.1, 0.15) is 66.7 Å². The van der Waals surface area contributed by atoms with Gasteiger partial charge >= 0.3 is 0 Å². The van der Waals surface area contributed by atoms with Gasteiger partial charge in [-0.25, -0.2) is 0 Å². The van der Waals surface area contributed by atoms with Gasteiger partial charge in [-0.15, -0.1) is 0 Å². The molecule has 0 aliphatic rings. The van der Waals surface area contributed by atoms with E-state index in [-0.39, 0.29) is 0 Å². The highest BCUT2D eigenvalue weighted by Gasteiger charge is 2.00. The molecule has 0 spiro atoms. The molecule has 0 aromatic heterocycles. The van der Waals surface area contributed by atoms with Crippen LogP contribution in [0, 0.1) is 5.92 Å². The van der Waals surface area contributed by atoms with Gasteiger partial charge in [0.25, 0.3) is 0 Å². The van der Waals surface area contributed by atoms with Crippen molar-refractivity contribution in [3.8, 4) is 0 Å². The first-order valence-electron chi connectivity index (χ1n) is 6.85. The van der Waals surface area contributed by atoms with Crippen molar-refractivity contribution in [1.82, 2.24) is 0 Å². The van der Waals surface area contributed by atoms with E-state index in [0.717, 1.165) is 12.3 Å². The van der Waals surface area contributed by atoms with Gasteiger partial charge in [0.2, 0.25) is 0 Å². The van der Waals surface area contributed by atoms with Gasteiger partial charge in [-0.2, -0.15) is 0 Å². The third kappa shape index (κ3) is 11.5. The Balaban J connectivity index is 3.73. The highest BCUT2D eigenvalue weighted by atomic mass is 14.1. The lowest BCUT2D eigenvalue weighted by Crippen LogP contribution is -1.93. The molecule has 17 heavy (non-hydrogen) atoms. The summed E-state index contributed by atoms with van der Waals surface area (Å²) in [6.45, 7) is 15.0. The molecule has 0 amide bonds. The number of hydrogen-bond donors (Lipinski definition) is 0. The van der Waals surface area contributed by atoms with Crippen molar-refractivity contribution < 1.29 is 0 Å². The van der Waals surface area contributed by atoms with E-state index in [9.17, 15) is 0 Å². The molecule has 0 heterocycles. The fourth-order valence-corrected chi connectivity index (χ4v) is 1.96. The summed E-state index contributed by atoms with van der Waals surface area (Å²) in [4.78, 5) is 0. The second-order valence-electron chi connectivity index (χ2n) is 5.73. The molecule has 0 aliphatic carbocycles. The summed E-state index contributed by atoms with van der Waals surface area (Å²) in [5.41, 5.74) is 4.17. The van der Waals surface area contributed by atoms with Crippen molar-refractivity contribution in [2.75, 3.05) is 0 Å². The lowest BCUT2D eigenvalue weighted by atomic mass is 9.98. The van der Waals surface area contributed by atoms with Crippen molar-refractivity contribution in [3.63, 3.8) is 0 Å². The number of allylic oxidation sites excluding steroid dienone is 5. The van der Waals surface area contributed by atoms with E-state index < -0.39 is 0 Å². The molecule has 0 saturated carbocycles. The van der Waals surface area contributed by atoms with Gasteiger partial charge in [0.15, 0.2) is 0 Å². The number of hydrogen-bond acceptors (Lipinski definition) is 0. The Morgan fingerprint density at radius 3 is 2.00 bits per heavy atom. The van der Waals surface area contributed by atoms with E-state index in [2.05, 4.69) is 53.3 Å². The maximum atomic E-state index is 3.95. The Bertz CT molecular complexity index is 274. The first kappa shape index (κ1) is 16.2. The molecule has 0 aromatic carbocycles. The third-order valence-corrected chi connectivity index (χ3v) is 2.94. The molecular weight excluding hydrogens is 204 g/mol. The second-order valence-corrected chi connectivity index (χ2v) is 5.73. The van der Waals surface area contributed by atoms with Crippen LogP contribution >= 0.6 is 0 Å². The molecule has 0 fully saturated rings. The molecular formula is C17H30. The lowest BCUT2D eigenvalue weighted by molar-refractivity contribution is 0.500. The molecule has 0 rings (SSSR count). The SMILES string of the molecule is C=C(C)C/C(C)=C\CCC(C)CCC=C(C)C. The fraction of sp³-hybridized carbons (Fsp3) is 0.647. The van der Waals surface area contributed by atoms with Crippen molar-refractivity contribution in [2.45, 2.75) is 66.7 Å². The van der Waals surface area contributed by atoms with Gasteiger partial charge in [0, 0.05) is 0 Å². The first-order valence-corrected chi connectivity index (χ1v) is 6.85. The Morgan fingerprint density at radius 2 is 1.53 bits per heavy atom. The summed E-state index contributed by atoms with van der Waals surface area (Å²) in [5, 5.41) is 0. The Hall–Kier alpha value is -0.780. The van der Waals surface area contributed by atoms with Crippen molar-refractivity contribution in [1.29, 1.82) is 0 Å². The highest BCUT2D eigenvalue weighted by molar-refractivity contribution is 5.08. The van der Waals surface area contributed by atoms with Crippen LogP contribution < -0.4 is 0 Å². The first-order chi connectivity index (χ1) is 7.91. The maximum Gasteiger partial charge on any atom is -0.0117 e. The van der Waals surface area contributed by atoms with Gasteiger partial charge in [-0.3, -0.25) is 0 Å². The van der Waals surface area contributed by atoms with Gasteiger partial charge in [0.05, 0.1) is 0 Å². The van der Waals surface area contributed by atoms with Crippen LogP contribution in [0.2, 0.25) is 0 Å². The maximum absolute atomic E-state index is 3.95. The lowest BCUT2D eigenvalue weighted by Gasteiger charge is -2.08. The zero-order chi connectivity index (χ0) is 13.3. The molecule has 1 unspecified atom stereocenters. The summed E-state index contributed by atoms with van der Waals surface area (Å²) in [7, 11) is 0. The fourth-order valence-electron chi connectivity index (χ4n) is 1.96. The summed E-state index contributed by atoms with van der Waals surface area (Å²) in [6.07, 6.45) is 10.9. The molecule has 0 bridgehead atoms. The molecule has 0 heteroatoms. The van der Waals surface area contributed by atoms with Crippen LogP contribution in [0.5, 0.6) is 0 Å². The summed E-state index contributed by atoms with van der Waals surface area (Å²) < 4.78 is 0. The van der Waals surface area contributed by atoms with E-state index in [1.54, 1.807) is 0 Å². The predicted octanol–water partition coefficient (Wildman–Crippen LogP) is 6.06. The smallest absolute Gasteiger partial charge is 0.0117 e. The normalized spacial score (nSPS) is 13.4. The molecule has 0 aromatic rings. The zero-order valence-corrected chi connectivity index (χ0v) is 12.5. The van der Waals surface area contributed by atoms with E-state index in [0.29, 0.717) is 0 Å². The molecule has 0 aliphatic heterocycles. The van der Waals surface area contributed by atoms with Crippen molar-refractivity contribution in [3.05, 3.63) is 35.5 Å². The van der Waals surface area contributed by atoms with Gasteiger partial charge in [-0.1, -0.05) is 42.4 Å². The summed E-state index contributed by atoms with van der Waals surface area (Å²) >= 11 is 0. The zero-order valence-electron chi connectivity index (χ0n) is 12.5. The molecule has 98 valence electrons. The van der Waals surface area contributed by atoms with Crippen molar-refractivity contribution in [2.24, 2.45) is 5.92 Å². The van der Waals surface area contributed by atoms with Crippen LogP contribution in [0.4, 0.5) is 0 Å². The van der Waals surface area contributed by atoms with E-state index in [1.165, 1.54) is 42.4 Å². The van der Waals surface area contributed by atoms with Gasteiger partial charge < -0.3 is 0 Å². The number of rotatable bonds is 8. The van der Waals surface area contributed by atoms with Gasteiger partial charge in [0.1, 0.15) is 0 Å². The quantitative estimate of drug-likeness (QED) is 0.448. The summed E-state index contributed by atoms with van der Waals surface area (Å²) in [6, 6.07) is 0. The third-order valence-electron chi connectivity index (χ3n) is 2.94. The van der Waals surface area contributed by atoms with Crippen molar-refractivity contribution >= 4 is 0 Å². The topological polar surface area (TPSA) is 0 Å². The molecule has 0 nitrogen and oxygen atoms in total. The predicted molar refractivity (Wildman–Crippen MR) is 80.3 cm³/mol. The van der Waals surface area contributed by atoms with Crippen LogP contribution in [0.25, 0.3) is 0 Å². The van der Waals surface area contributed by atoms with E-state index >= 15 is 0 Å². The molecule has 0 saturated heterocycles. The van der Waals surface area contributed by atoms with Gasteiger partial charge in [-0.05, 0) is 65.7 Å². The largest absolute Gasteiger partial charge is 0.0998 e. The average molecular weight is 234 g/mol. The Morgan fingerprint density at radius 1 is 1.00 bits per heavy atom. The Labute approximate surface area is 109 Å². The minimum absolute atomic E-state index is 0.833.